The lowest BCUT2D eigenvalue weighted by atomic mass is 10.3. The molecule has 0 aromatic rings. The molecule has 1 atom stereocenters. The zero-order chi connectivity index (χ0) is 8.48. The standard InChI is InChI=1S/C7H14O3Si/c1-11(2,3)10-6-4-7(8)9-5-6/h6H,4-5H2,1-3H3. The third-order valence-corrected chi connectivity index (χ3v) is 2.39. The van der Waals surface area contributed by atoms with Crippen LogP contribution in [-0.2, 0) is 14.0 Å². The van der Waals surface area contributed by atoms with Crippen LogP contribution in [0.15, 0.2) is 0 Å². The van der Waals surface area contributed by atoms with Gasteiger partial charge in [0.1, 0.15) is 6.61 Å². The first-order chi connectivity index (χ1) is 4.97. The molecule has 1 fully saturated rings. The van der Waals surface area contributed by atoms with Gasteiger partial charge >= 0.3 is 5.97 Å². The van der Waals surface area contributed by atoms with Gasteiger partial charge in [-0.05, 0) is 19.6 Å². The van der Waals surface area contributed by atoms with Crippen molar-refractivity contribution in [2.45, 2.75) is 32.2 Å². The van der Waals surface area contributed by atoms with Crippen LogP contribution in [0.5, 0.6) is 0 Å². The van der Waals surface area contributed by atoms with E-state index >= 15 is 0 Å². The smallest absolute Gasteiger partial charge is 0.308 e. The van der Waals surface area contributed by atoms with Gasteiger partial charge in [0.25, 0.3) is 0 Å². The molecule has 0 N–H and O–H groups in total. The van der Waals surface area contributed by atoms with Gasteiger partial charge in [0.05, 0.1) is 12.5 Å². The average Bonchev–Trinajstić information content (AvgIpc) is 2.10. The molecule has 0 aromatic heterocycles. The van der Waals surface area contributed by atoms with Crippen LogP contribution in [0.4, 0.5) is 0 Å². The number of carbonyl (C=O) groups excluding carboxylic acids is 1. The van der Waals surface area contributed by atoms with Crippen LogP contribution in [-0.4, -0.2) is 27.0 Å². The Morgan fingerprint density at radius 2 is 2.18 bits per heavy atom. The molecule has 1 saturated heterocycles. The summed E-state index contributed by atoms with van der Waals surface area (Å²) in [5.41, 5.74) is 0. The van der Waals surface area contributed by atoms with E-state index in [0.717, 1.165) is 0 Å². The fraction of sp³-hybridized carbons (Fsp3) is 0.857. The lowest BCUT2D eigenvalue weighted by Crippen LogP contribution is -2.32. The fourth-order valence-corrected chi connectivity index (χ4v) is 2.22. The molecule has 1 heterocycles. The fourth-order valence-electron chi connectivity index (χ4n) is 1.07. The molecule has 0 saturated carbocycles. The minimum Gasteiger partial charge on any atom is -0.463 e. The van der Waals surface area contributed by atoms with E-state index in [1.807, 2.05) is 0 Å². The van der Waals surface area contributed by atoms with Crippen LogP contribution < -0.4 is 0 Å². The number of hydrogen-bond acceptors (Lipinski definition) is 3. The Morgan fingerprint density at radius 3 is 2.55 bits per heavy atom. The summed E-state index contributed by atoms with van der Waals surface area (Å²) in [6.07, 6.45) is 0.457. The van der Waals surface area contributed by atoms with Gasteiger partial charge in [-0.2, -0.15) is 0 Å². The van der Waals surface area contributed by atoms with Crippen LogP contribution in [0.1, 0.15) is 6.42 Å². The summed E-state index contributed by atoms with van der Waals surface area (Å²) in [7, 11) is -1.48. The molecule has 11 heavy (non-hydrogen) atoms. The summed E-state index contributed by atoms with van der Waals surface area (Å²) in [6, 6.07) is 0. The van der Waals surface area contributed by atoms with Gasteiger partial charge in [-0.25, -0.2) is 0 Å². The van der Waals surface area contributed by atoms with Crippen molar-refractivity contribution >= 4 is 14.3 Å². The molecule has 0 aliphatic carbocycles. The van der Waals surface area contributed by atoms with Crippen molar-refractivity contribution < 1.29 is 14.0 Å². The van der Waals surface area contributed by atoms with Gasteiger partial charge in [0.2, 0.25) is 0 Å². The highest BCUT2D eigenvalue weighted by Crippen LogP contribution is 2.15. The van der Waals surface area contributed by atoms with Crippen molar-refractivity contribution in [1.29, 1.82) is 0 Å². The predicted octanol–water partition coefficient (Wildman–Crippen LogP) is 1.15. The molecule has 1 aliphatic rings. The minimum atomic E-state index is -1.48. The van der Waals surface area contributed by atoms with Crippen molar-refractivity contribution in [3.63, 3.8) is 0 Å². The molecule has 1 rings (SSSR count). The van der Waals surface area contributed by atoms with E-state index in [0.29, 0.717) is 13.0 Å². The summed E-state index contributed by atoms with van der Waals surface area (Å²) in [4.78, 5) is 10.7. The Bertz CT molecular complexity index is 162. The Labute approximate surface area is 67.8 Å². The van der Waals surface area contributed by atoms with Crippen molar-refractivity contribution in [2.75, 3.05) is 6.61 Å². The average molecular weight is 174 g/mol. The number of cyclic esters (lactones) is 1. The van der Waals surface area contributed by atoms with E-state index in [-0.39, 0.29) is 12.1 Å². The van der Waals surface area contributed by atoms with Crippen molar-refractivity contribution in [3.8, 4) is 0 Å². The maximum atomic E-state index is 10.7. The first-order valence-electron chi connectivity index (χ1n) is 3.81. The third-order valence-electron chi connectivity index (χ3n) is 1.34. The molecular formula is C7H14O3Si. The highest BCUT2D eigenvalue weighted by atomic mass is 28.4. The lowest BCUT2D eigenvalue weighted by Gasteiger charge is -2.20. The monoisotopic (exact) mass is 174 g/mol. The number of rotatable bonds is 2. The number of hydrogen-bond donors (Lipinski definition) is 0. The molecule has 0 radical (unpaired) electrons. The Balaban J connectivity index is 2.34. The third kappa shape index (κ3) is 3.03. The van der Waals surface area contributed by atoms with Gasteiger partial charge in [-0.1, -0.05) is 0 Å². The number of ether oxygens (including phenoxy) is 1. The zero-order valence-electron chi connectivity index (χ0n) is 7.22. The highest BCUT2D eigenvalue weighted by molar-refractivity contribution is 6.69. The van der Waals surface area contributed by atoms with E-state index in [1.54, 1.807) is 0 Å². The molecule has 0 aromatic carbocycles. The van der Waals surface area contributed by atoms with Crippen LogP contribution in [0.25, 0.3) is 0 Å². The molecule has 1 unspecified atom stereocenters. The molecule has 3 nitrogen and oxygen atoms in total. The largest absolute Gasteiger partial charge is 0.463 e. The second-order valence-electron chi connectivity index (χ2n) is 3.74. The summed E-state index contributed by atoms with van der Waals surface area (Å²) in [5, 5.41) is 0. The molecule has 64 valence electrons. The molecule has 1 aliphatic heterocycles. The van der Waals surface area contributed by atoms with Crippen molar-refractivity contribution in [1.82, 2.24) is 0 Å². The summed E-state index contributed by atoms with van der Waals surface area (Å²) in [6.45, 7) is 6.77. The van der Waals surface area contributed by atoms with Gasteiger partial charge in [0.15, 0.2) is 8.32 Å². The SMILES string of the molecule is C[Si](C)(C)OC1COC(=O)C1. The molecule has 0 spiro atoms. The zero-order valence-corrected chi connectivity index (χ0v) is 8.22. The molecule has 0 bridgehead atoms. The van der Waals surface area contributed by atoms with Crippen LogP contribution in [0.3, 0.4) is 0 Å². The maximum absolute atomic E-state index is 10.7. The summed E-state index contributed by atoms with van der Waals surface area (Å²) < 4.78 is 10.4. The normalized spacial score (nSPS) is 25.4. The van der Waals surface area contributed by atoms with Crippen LogP contribution >= 0.6 is 0 Å². The lowest BCUT2D eigenvalue weighted by molar-refractivity contribution is -0.137. The van der Waals surface area contributed by atoms with E-state index in [4.69, 9.17) is 9.16 Å². The Kier molecular flexibility index (Phi) is 2.34. The quantitative estimate of drug-likeness (QED) is 0.465. The number of carbonyl (C=O) groups is 1. The van der Waals surface area contributed by atoms with Gasteiger partial charge < -0.3 is 9.16 Å². The molecule has 0 amide bonds. The second kappa shape index (κ2) is 2.95. The number of esters is 1. The maximum Gasteiger partial charge on any atom is 0.308 e. The first kappa shape index (κ1) is 8.74. The van der Waals surface area contributed by atoms with E-state index in [9.17, 15) is 4.79 Å². The molecule has 4 heteroatoms. The highest BCUT2D eigenvalue weighted by Gasteiger charge is 2.29. The Morgan fingerprint density at radius 1 is 1.55 bits per heavy atom. The molecular weight excluding hydrogens is 160 g/mol. The van der Waals surface area contributed by atoms with Gasteiger partial charge in [0, 0.05) is 0 Å². The van der Waals surface area contributed by atoms with E-state index in [2.05, 4.69) is 19.6 Å². The van der Waals surface area contributed by atoms with Gasteiger partial charge in [-0.3, -0.25) is 4.79 Å². The van der Waals surface area contributed by atoms with E-state index < -0.39 is 8.32 Å². The van der Waals surface area contributed by atoms with Crippen molar-refractivity contribution in [2.24, 2.45) is 0 Å². The first-order valence-corrected chi connectivity index (χ1v) is 7.22. The van der Waals surface area contributed by atoms with Crippen LogP contribution in [0.2, 0.25) is 19.6 Å². The van der Waals surface area contributed by atoms with Gasteiger partial charge in [-0.15, -0.1) is 0 Å². The summed E-state index contributed by atoms with van der Waals surface area (Å²) >= 11 is 0. The topological polar surface area (TPSA) is 35.5 Å². The Hall–Kier alpha value is -0.353. The predicted molar refractivity (Wildman–Crippen MR) is 43.8 cm³/mol. The van der Waals surface area contributed by atoms with Crippen molar-refractivity contribution in [3.05, 3.63) is 0 Å². The van der Waals surface area contributed by atoms with Crippen LogP contribution in [0, 0.1) is 0 Å². The minimum absolute atomic E-state index is 0.0224. The summed E-state index contributed by atoms with van der Waals surface area (Å²) in [5.74, 6) is -0.131. The second-order valence-corrected chi connectivity index (χ2v) is 8.20. The van der Waals surface area contributed by atoms with E-state index in [1.165, 1.54) is 0 Å².